The van der Waals surface area contributed by atoms with Crippen LogP contribution in [0.15, 0.2) is 47.4 Å². The van der Waals surface area contributed by atoms with Crippen molar-refractivity contribution in [2.24, 2.45) is 0 Å². The van der Waals surface area contributed by atoms with Crippen LogP contribution in [0, 0.1) is 0 Å². The van der Waals surface area contributed by atoms with Crippen LogP contribution in [0.3, 0.4) is 0 Å². The van der Waals surface area contributed by atoms with E-state index < -0.39 is 0 Å². The van der Waals surface area contributed by atoms with Crippen LogP contribution in [-0.2, 0) is 11.2 Å². The highest BCUT2D eigenvalue weighted by Gasteiger charge is 2.23. The topological polar surface area (TPSA) is 49.4 Å². The Morgan fingerprint density at radius 1 is 1.16 bits per heavy atom. The fourth-order valence-corrected chi connectivity index (χ4v) is 3.92. The molecule has 2 aromatic rings. The average Bonchev–Trinajstić information content (AvgIpc) is 2.62. The van der Waals surface area contributed by atoms with E-state index in [1.807, 2.05) is 49.4 Å². The summed E-state index contributed by atoms with van der Waals surface area (Å²) < 4.78 is 0. The lowest BCUT2D eigenvalue weighted by Gasteiger charge is -2.28. The average molecular weight is 354 g/mol. The molecule has 5 heteroatoms. The molecule has 25 heavy (non-hydrogen) atoms. The second kappa shape index (κ2) is 7.74. The molecule has 1 heterocycles. The van der Waals surface area contributed by atoms with E-state index in [-0.39, 0.29) is 11.8 Å². The minimum atomic E-state index is -0.101. The van der Waals surface area contributed by atoms with Crippen LogP contribution in [0.1, 0.15) is 36.2 Å². The first-order chi connectivity index (χ1) is 12.1. The summed E-state index contributed by atoms with van der Waals surface area (Å²) >= 11 is 1.66. The zero-order valence-corrected chi connectivity index (χ0v) is 15.4. The summed E-state index contributed by atoms with van der Waals surface area (Å²) in [7, 11) is 0. The van der Waals surface area contributed by atoms with E-state index in [4.69, 9.17) is 0 Å². The molecule has 2 aromatic carbocycles. The maximum absolute atomic E-state index is 12.7. The monoisotopic (exact) mass is 354 g/mol. The second-order valence-electron chi connectivity index (χ2n) is 5.86. The van der Waals surface area contributed by atoms with Crippen molar-refractivity contribution in [2.75, 3.05) is 22.5 Å². The number of hydrogen-bond donors (Lipinski definition) is 1. The number of nitrogens with zero attached hydrogens (tertiary/aromatic N) is 1. The van der Waals surface area contributed by atoms with Crippen molar-refractivity contribution in [3.8, 4) is 0 Å². The maximum atomic E-state index is 12.7. The molecule has 3 rings (SSSR count). The number of rotatable bonds is 5. The SMILES string of the molecule is CCSc1ccccc1C(=O)Nc1ccc2c(c1)CCC(=O)N2CC. The summed E-state index contributed by atoms with van der Waals surface area (Å²) in [4.78, 5) is 27.4. The normalized spacial score (nSPS) is 13.5. The molecule has 2 amide bonds. The quantitative estimate of drug-likeness (QED) is 0.812. The largest absolute Gasteiger partial charge is 0.322 e. The molecule has 0 aliphatic carbocycles. The van der Waals surface area contributed by atoms with Crippen molar-refractivity contribution in [3.05, 3.63) is 53.6 Å². The summed E-state index contributed by atoms with van der Waals surface area (Å²) in [6.07, 6.45) is 1.24. The molecule has 0 radical (unpaired) electrons. The van der Waals surface area contributed by atoms with Gasteiger partial charge in [-0.2, -0.15) is 0 Å². The van der Waals surface area contributed by atoms with Gasteiger partial charge in [-0.3, -0.25) is 9.59 Å². The molecule has 0 saturated heterocycles. The number of aryl methyl sites for hydroxylation is 1. The number of anilines is 2. The molecule has 0 saturated carbocycles. The lowest BCUT2D eigenvalue weighted by molar-refractivity contribution is -0.118. The molecular formula is C20H22N2O2S. The molecule has 130 valence electrons. The van der Waals surface area contributed by atoms with Crippen molar-refractivity contribution in [3.63, 3.8) is 0 Å². The summed E-state index contributed by atoms with van der Waals surface area (Å²) in [6, 6.07) is 13.4. The fourth-order valence-electron chi connectivity index (χ4n) is 3.12. The highest BCUT2D eigenvalue weighted by atomic mass is 32.2. The first kappa shape index (κ1) is 17.5. The van der Waals surface area contributed by atoms with E-state index >= 15 is 0 Å². The Balaban J connectivity index is 1.83. The highest BCUT2D eigenvalue weighted by Crippen LogP contribution is 2.30. The molecule has 0 atom stereocenters. The first-order valence-electron chi connectivity index (χ1n) is 8.60. The Morgan fingerprint density at radius 2 is 1.96 bits per heavy atom. The Hall–Kier alpha value is -2.27. The van der Waals surface area contributed by atoms with Gasteiger partial charge in [0.1, 0.15) is 0 Å². The Kier molecular flexibility index (Phi) is 5.43. The molecule has 0 fully saturated rings. The number of thioether (sulfide) groups is 1. The number of fused-ring (bicyclic) bond motifs is 1. The zero-order chi connectivity index (χ0) is 17.8. The number of carbonyl (C=O) groups excluding carboxylic acids is 2. The van der Waals surface area contributed by atoms with Gasteiger partial charge in [0.15, 0.2) is 0 Å². The van der Waals surface area contributed by atoms with Gasteiger partial charge in [0.25, 0.3) is 5.91 Å². The number of nitrogens with one attached hydrogen (secondary N) is 1. The Bertz CT molecular complexity index is 804. The van der Waals surface area contributed by atoms with Gasteiger partial charge in [-0.25, -0.2) is 0 Å². The predicted octanol–water partition coefficient (Wildman–Crippen LogP) is 4.35. The van der Waals surface area contributed by atoms with E-state index in [2.05, 4.69) is 12.2 Å². The van der Waals surface area contributed by atoms with E-state index in [0.29, 0.717) is 18.5 Å². The van der Waals surface area contributed by atoms with Crippen LogP contribution < -0.4 is 10.2 Å². The summed E-state index contributed by atoms with van der Waals surface area (Å²) in [6.45, 7) is 4.72. The Morgan fingerprint density at radius 3 is 2.72 bits per heavy atom. The summed E-state index contributed by atoms with van der Waals surface area (Å²) in [5.74, 6) is 0.984. The van der Waals surface area contributed by atoms with Crippen LogP contribution >= 0.6 is 11.8 Å². The number of amides is 2. The molecule has 0 spiro atoms. The van der Waals surface area contributed by atoms with E-state index in [9.17, 15) is 9.59 Å². The second-order valence-corrected chi connectivity index (χ2v) is 7.17. The van der Waals surface area contributed by atoms with Gasteiger partial charge in [-0.15, -0.1) is 11.8 Å². The van der Waals surface area contributed by atoms with Crippen molar-refractivity contribution < 1.29 is 9.59 Å². The van der Waals surface area contributed by atoms with E-state index in [1.54, 1.807) is 16.7 Å². The minimum Gasteiger partial charge on any atom is -0.322 e. The summed E-state index contributed by atoms with van der Waals surface area (Å²) in [5.41, 5.74) is 3.53. The fraction of sp³-hybridized carbons (Fsp3) is 0.300. The first-order valence-corrected chi connectivity index (χ1v) is 9.59. The molecule has 0 bridgehead atoms. The van der Waals surface area contributed by atoms with E-state index in [0.717, 1.165) is 34.0 Å². The third-order valence-corrected chi connectivity index (χ3v) is 5.24. The summed E-state index contributed by atoms with van der Waals surface area (Å²) in [5, 5.41) is 3.00. The van der Waals surface area contributed by atoms with Gasteiger partial charge in [-0.1, -0.05) is 19.1 Å². The maximum Gasteiger partial charge on any atom is 0.256 e. The standard InChI is InChI=1S/C20H22N2O2S/c1-3-22-17-11-10-15(13-14(17)9-12-19(22)23)21-20(24)16-7-5-6-8-18(16)25-4-2/h5-8,10-11,13H,3-4,9,12H2,1-2H3,(H,21,24). The Labute approximate surface area is 152 Å². The molecular weight excluding hydrogens is 332 g/mol. The molecule has 1 aliphatic rings. The van der Waals surface area contributed by atoms with Crippen LogP contribution in [-0.4, -0.2) is 24.1 Å². The lowest BCUT2D eigenvalue weighted by Crippen LogP contribution is -2.34. The number of hydrogen-bond acceptors (Lipinski definition) is 3. The van der Waals surface area contributed by atoms with Gasteiger partial charge in [0.2, 0.25) is 5.91 Å². The molecule has 4 nitrogen and oxygen atoms in total. The van der Waals surface area contributed by atoms with Crippen molar-refractivity contribution in [1.82, 2.24) is 0 Å². The molecule has 1 aliphatic heterocycles. The highest BCUT2D eigenvalue weighted by molar-refractivity contribution is 7.99. The smallest absolute Gasteiger partial charge is 0.256 e. The number of carbonyl (C=O) groups is 2. The van der Waals surface area contributed by atoms with Gasteiger partial charge in [-0.05, 0) is 55.0 Å². The van der Waals surface area contributed by atoms with E-state index in [1.165, 1.54) is 0 Å². The minimum absolute atomic E-state index is 0.101. The van der Waals surface area contributed by atoms with Crippen molar-refractivity contribution >= 4 is 35.0 Å². The third kappa shape index (κ3) is 3.71. The van der Waals surface area contributed by atoms with Crippen molar-refractivity contribution in [1.29, 1.82) is 0 Å². The van der Waals surface area contributed by atoms with Crippen LogP contribution in [0.4, 0.5) is 11.4 Å². The van der Waals surface area contributed by atoms with Gasteiger partial charge in [0, 0.05) is 29.2 Å². The lowest BCUT2D eigenvalue weighted by atomic mass is 10.0. The zero-order valence-electron chi connectivity index (χ0n) is 14.5. The van der Waals surface area contributed by atoms with Crippen LogP contribution in [0.2, 0.25) is 0 Å². The van der Waals surface area contributed by atoms with Crippen LogP contribution in [0.25, 0.3) is 0 Å². The van der Waals surface area contributed by atoms with Gasteiger partial charge >= 0.3 is 0 Å². The molecule has 0 unspecified atom stereocenters. The molecule has 1 N–H and O–H groups in total. The predicted molar refractivity (Wildman–Crippen MR) is 104 cm³/mol. The molecule has 0 aromatic heterocycles. The van der Waals surface area contributed by atoms with Gasteiger partial charge < -0.3 is 10.2 Å². The van der Waals surface area contributed by atoms with Crippen LogP contribution in [0.5, 0.6) is 0 Å². The third-order valence-electron chi connectivity index (χ3n) is 4.29. The number of benzene rings is 2. The van der Waals surface area contributed by atoms with Crippen molar-refractivity contribution in [2.45, 2.75) is 31.6 Å². The van der Waals surface area contributed by atoms with Gasteiger partial charge in [0.05, 0.1) is 5.56 Å².